The lowest BCUT2D eigenvalue weighted by Gasteiger charge is -2.33. The summed E-state index contributed by atoms with van der Waals surface area (Å²) in [7, 11) is -3.93. The molecule has 0 aliphatic rings. The van der Waals surface area contributed by atoms with Gasteiger partial charge in [0.2, 0.25) is 10.0 Å². The van der Waals surface area contributed by atoms with Gasteiger partial charge in [0.05, 0.1) is 10.5 Å². The van der Waals surface area contributed by atoms with Crippen LogP contribution < -0.4 is 10.5 Å². The highest BCUT2D eigenvalue weighted by Gasteiger charge is 2.26. The van der Waals surface area contributed by atoms with Gasteiger partial charge in [0.25, 0.3) is 0 Å². The number of carboxylic acid groups (broad SMARTS) is 1. The molecule has 0 aliphatic carbocycles. The Morgan fingerprint density at radius 2 is 1.76 bits per heavy atom. The van der Waals surface area contributed by atoms with E-state index in [4.69, 9.17) is 5.14 Å². The molecule has 21 heavy (non-hydrogen) atoms. The topological polar surface area (TPSA) is 109 Å². The number of nitrogens with two attached hydrogens (primary N) is 1. The predicted octanol–water partition coefficient (Wildman–Crippen LogP) is 2.41. The number of hydrogen-bond donors (Lipinski definition) is 3. The maximum atomic E-state index is 11.4. The quantitative estimate of drug-likeness (QED) is 0.716. The van der Waals surface area contributed by atoms with Crippen LogP contribution in [-0.4, -0.2) is 25.0 Å². The van der Waals surface area contributed by atoms with Crippen molar-refractivity contribution in [3.8, 4) is 0 Å². The summed E-state index contributed by atoms with van der Waals surface area (Å²) in [5.74, 6) is -1.19. The Balaban J connectivity index is 3.34. The number of sulfonamides is 1. The molecule has 0 heterocycles. The Morgan fingerprint density at radius 1 is 1.24 bits per heavy atom. The largest absolute Gasteiger partial charge is 0.478 e. The molecule has 1 rings (SSSR count). The fraction of sp³-hybridized carbons (Fsp3) is 0.500. The molecule has 0 atom stereocenters. The molecule has 0 spiro atoms. The monoisotopic (exact) mass is 314 g/mol. The minimum atomic E-state index is -3.93. The maximum Gasteiger partial charge on any atom is 0.337 e. The molecular weight excluding hydrogens is 292 g/mol. The standard InChI is InChI=1S/C14H22N2O4S/c1-4-14(5-2,6-3)16-12-8-7-10(21(15,19)20)9-11(12)13(17)18/h7-9,16H,4-6H2,1-3H3,(H,17,18)(H2,15,19,20). The van der Waals surface area contributed by atoms with Gasteiger partial charge < -0.3 is 10.4 Å². The summed E-state index contributed by atoms with van der Waals surface area (Å²) in [4.78, 5) is 11.2. The SMILES string of the molecule is CCC(CC)(CC)Nc1ccc(S(N)(=O)=O)cc1C(=O)O. The fourth-order valence-electron chi connectivity index (χ4n) is 2.29. The van der Waals surface area contributed by atoms with E-state index >= 15 is 0 Å². The summed E-state index contributed by atoms with van der Waals surface area (Å²) in [6.07, 6.45) is 2.49. The Hall–Kier alpha value is -1.60. The van der Waals surface area contributed by atoms with Crippen LogP contribution in [0.5, 0.6) is 0 Å². The summed E-state index contributed by atoms with van der Waals surface area (Å²) in [5.41, 5.74) is 0.0922. The summed E-state index contributed by atoms with van der Waals surface area (Å²) in [6.45, 7) is 6.08. The first-order valence-corrected chi connectivity index (χ1v) is 8.42. The molecule has 0 aliphatic heterocycles. The summed E-state index contributed by atoms with van der Waals surface area (Å²) < 4.78 is 22.7. The van der Waals surface area contributed by atoms with Gasteiger partial charge in [-0.05, 0) is 37.5 Å². The van der Waals surface area contributed by atoms with Gasteiger partial charge in [0.1, 0.15) is 0 Å². The number of nitrogens with one attached hydrogen (secondary N) is 1. The first-order valence-electron chi connectivity index (χ1n) is 6.87. The molecule has 4 N–H and O–H groups in total. The Kier molecular flexibility index (Phi) is 5.36. The second-order valence-electron chi connectivity index (χ2n) is 5.02. The zero-order valence-electron chi connectivity index (χ0n) is 12.5. The van der Waals surface area contributed by atoms with Crippen molar-refractivity contribution in [2.75, 3.05) is 5.32 Å². The van der Waals surface area contributed by atoms with Crippen LogP contribution in [0.1, 0.15) is 50.4 Å². The molecule has 0 saturated carbocycles. The van der Waals surface area contributed by atoms with Crippen molar-refractivity contribution >= 4 is 21.7 Å². The van der Waals surface area contributed by atoms with Gasteiger partial charge in [-0.25, -0.2) is 18.4 Å². The summed E-state index contributed by atoms with van der Waals surface area (Å²) in [6, 6.07) is 3.86. The van der Waals surface area contributed by atoms with Crippen LogP contribution in [0.15, 0.2) is 23.1 Å². The van der Waals surface area contributed by atoms with Crippen molar-refractivity contribution in [1.29, 1.82) is 0 Å². The van der Waals surface area contributed by atoms with E-state index < -0.39 is 16.0 Å². The van der Waals surface area contributed by atoms with Crippen molar-refractivity contribution < 1.29 is 18.3 Å². The number of primary sulfonamides is 1. The second-order valence-corrected chi connectivity index (χ2v) is 6.58. The molecule has 0 saturated heterocycles. The van der Waals surface area contributed by atoms with Crippen molar-refractivity contribution in [3.05, 3.63) is 23.8 Å². The zero-order chi connectivity index (χ0) is 16.3. The Morgan fingerprint density at radius 3 is 2.14 bits per heavy atom. The number of hydrogen-bond acceptors (Lipinski definition) is 4. The molecule has 7 heteroatoms. The number of benzene rings is 1. The van der Waals surface area contributed by atoms with Crippen LogP contribution in [0, 0.1) is 0 Å². The maximum absolute atomic E-state index is 11.4. The first kappa shape index (κ1) is 17.5. The average molecular weight is 314 g/mol. The lowest BCUT2D eigenvalue weighted by atomic mass is 9.89. The van der Waals surface area contributed by atoms with Gasteiger partial charge in [-0.2, -0.15) is 0 Å². The molecule has 0 unspecified atom stereocenters. The number of anilines is 1. The number of rotatable bonds is 7. The molecule has 0 fully saturated rings. The van der Waals surface area contributed by atoms with Crippen molar-refractivity contribution in [2.24, 2.45) is 5.14 Å². The van der Waals surface area contributed by atoms with Crippen LogP contribution in [0.3, 0.4) is 0 Å². The third kappa shape index (κ3) is 3.95. The van der Waals surface area contributed by atoms with E-state index in [1.165, 1.54) is 12.1 Å². The third-order valence-corrected chi connectivity index (χ3v) is 4.89. The minimum absolute atomic E-state index is 0.0961. The molecule has 0 amide bonds. The fourth-order valence-corrected chi connectivity index (χ4v) is 2.83. The molecule has 118 valence electrons. The van der Waals surface area contributed by atoms with Gasteiger partial charge in [-0.15, -0.1) is 0 Å². The molecule has 0 bridgehead atoms. The molecule has 0 radical (unpaired) electrons. The number of aromatic carboxylic acids is 1. The zero-order valence-corrected chi connectivity index (χ0v) is 13.3. The first-order chi connectivity index (χ1) is 9.69. The normalized spacial score (nSPS) is 12.2. The van der Waals surface area contributed by atoms with Gasteiger partial charge >= 0.3 is 5.97 Å². The second kappa shape index (κ2) is 6.44. The van der Waals surface area contributed by atoms with Crippen molar-refractivity contribution in [1.82, 2.24) is 0 Å². The average Bonchev–Trinajstić information content (AvgIpc) is 2.43. The molecule has 6 nitrogen and oxygen atoms in total. The number of carboxylic acids is 1. The lowest BCUT2D eigenvalue weighted by Crippen LogP contribution is -2.36. The van der Waals surface area contributed by atoms with E-state index in [0.29, 0.717) is 5.69 Å². The molecule has 1 aromatic carbocycles. The van der Waals surface area contributed by atoms with Crippen LogP contribution in [0.25, 0.3) is 0 Å². The van der Waals surface area contributed by atoms with E-state index in [1.54, 1.807) is 0 Å². The summed E-state index contributed by atoms with van der Waals surface area (Å²) >= 11 is 0. The van der Waals surface area contributed by atoms with Crippen molar-refractivity contribution in [3.63, 3.8) is 0 Å². The van der Waals surface area contributed by atoms with Crippen LogP contribution in [0.2, 0.25) is 0 Å². The van der Waals surface area contributed by atoms with E-state index in [9.17, 15) is 18.3 Å². The van der Waals surface area contributed by atoms with Gasteiger partial charge in [-0.1, -0.05) is 20.8 Å². The van der Waals surface area contributed by atoms with E-state index in [1.807, 2.05) is 20.8 Å². The van der Waals surface area contributed by atoms with Gasteiger partial charge in [-0.3, -0.25) is 0 Å². The number of carbonyl (C=O) groups is 1. The highest BCUT2D eigenvalue weighted by atomic mass is 32.2. The molecule has 0 aromatic heterocycles. The van der Waals surface area contributed by atoms with Crippen LogP contribution in [0.4, 0.5) is 5.69 Å². The van der Waals surface area contributed by atoms with Crippen molar-refractivity contribution in [2.45, 2.75) is 50.5 Å². The third-order valence-electron chi connectivity index (χ3n) is 3.98. The smallest absolute Gasteiger partial charge is 0.337 e. The summed E-state index contributed by atoms with van der Waals surface area (Å²) in [5, 5.41) is 17.6. The van der Waals surface area contributed by atoms with Crippen LogP contribution >= 0.6 is 0 Å². The van der Waals surface area contributed by atoms with Crippen LogP contribution in [-0.2, 0) is 10.0 Å². The van der Waals surface area contributed by atoms with E-state index in [-0.39, 0.29) is 16.0 Å². The molecule has 1 aromatic rings. The van der Waals surface area contributed by atoms with Gasteiger partial charge in [0.15, 0.2) is 0 Å². The highest BCUT2D eigenvalue weighted by molar-refractivity contribution is 7.89. The highest BCUT2D eigenvalue weighted by Crippen LogP contribution is 2.29. The Labute approximate surface area is 125 Å². The molecular formula is C14H22N2O4S. The van der Waals surface area contributed by atoms with E-state index in [0.717, 1.165) is 25.3 Å². The lowest BCUT2D eigenvalue weighted by molar-refractivity contribution is 0.0697. The minimum Gasteiger partial charge on any atom is -0.478 e. The van der Waals surface area contributed by atoms with Gasteiger partial charge in [0, 0.05) is 11.2 Å². The van der Waals surface area contributed by atoms with E-state index in [2.05, 4.69) is 5.32 Å². The Bertz CT molecular complexity index is 614. The predicted molar refractivity (Wildman–Crippen MR) is 82.0 cm³/mol.